The molecule has 3 unspecified atom stereocenters. The van der Waals surface area contributed by atoms with Crippen LogP contribution in [-0.4, -0.2) is 74.8 Å². The average molecular weight is 671 g/mol. The Hall–Kier alpha value is -4.65. The topological polar surface area (TPSA) is 105 Å². The van der Waals surface area contributed by atoms with E-state index in [0.717, 1.165) is 61.0 Å². The quantitative estimate of drug-likeness (QED) is 0.194. The van der Waals surface area contributed by atoms with Crippen molar-refractivity contribution in [2.75, 3.05) is 49.2 Å². The number of halogens is 1. The summed E-state index contributed by atoms with van der Waals surface area (Å²) < 4.78 is 22.0. The number of hydrogen-bond donors (Lipinski definition) is 0. The summed E-state index contributed by atoms with van der Waals surface area (Å²) in [6.45, 7) is 8.65. The predicted molar refractivity (Wildman–Crippen MR) is 183 cm³/mol. The fraction of sp³-hybridized carbons (Fsp3) is 0.371. The van der Waals surface area contributed by atoms with Crippen LogP contribution in [0.25, 0.3) is 5.69 Å². The molecule has 2 aromatic heterocycles. The van der Waals surface area contributed by atoms with Crippen molar-refractivity contribution in [1.29, 1.82) is 0 Å². The molecule has 12 nitrogen and oxygen atoms in total. The molecule has 7 rings (SSSR count). The first-order valence-electron chi connectivity index (χ1n) is 16.3. The van der Waals surface area contributed by atoms with E-state index in [1.165, 1.54) is 0 Å². The molecule has 0 aliphatic carbocycles. The molecule has 0 spiro atoms. The molecule has 13 heteroatoms. The van der Waals surface area contributed by atoms with E-state index < -0.39 is 5.79 Å². The molecule has 2 aliphatic rings. The van der Waals surface area contributed by atoms with Crippen molar-refractivity contribution in [3.63, 3.8) is 0 Å². The second-order valence-corrected chi connectivity index (χ2v) is 12.6. The van der Waals surface area contributed by atoms with Crippen LogP contribution in [0.3, 0.4) is 0 Å². The minimum atomic E-state index is -1.04. The van der Waals surface area contributed by atoms with Crippen LogP contribution in [0.1, 0.15) is 31.9 Å². The molecule has 3 aromatic carbocycles. The van der Waals surface area contributed by atoms with Gasteiger partial charge in [0.15, 0.2) is 0 Å². The lowest BCUT2D eigenvalue weighted by Gasteiger charge is -2.37. The van der Waals surface area contributed by atoms with E-state index >= 15 is 0 Å². The molecular weight excluding hydrogens is 632 g/mol. The molecule has 250 valence electrons. The summed E-state index contributed by atoms with van der Waals surface area (Å²) in [4.78, 5) is 19.1. The van der Waals surface area contributed by atoms with Crippen LogP contribution in [0.5, 0.6) is 5.75 Å². The highest BCUT2D eigenvalue weighted by Crippen LogP contribution is 2.36. The van der Waals surface area contributed by atoms with Crippen molar-refractivity contribution in [1.82, 2.24) is 29.3 Å². The Balaban J connectivity index is 0.916. The number of benzene rings is 3. The first-order chi connectivity index (χ1) is 23.4. The molecule has 4 heterocycles. The number of rotatable bonds is 11. The van der Waals surface area contributed by atoms with Crippen LogP contribution in [0, 0.1) is 0 Å². The third kappa shape index (κ3) is 6.69. The van der Waals surface area contributed by atoms with Crippen LogP contribution >= 0.6 is 11.6 Å². The van der Waals surface area contributed by atoms with E-state index in [4.69, 9.17) is 25.8 Å². The van der Waals surface area contributed by atoms with E-state index in [2.05, 4.69) is 56.3 Å². The van der Waals surface area contributed by atoms with Crippen molar-refractivity contribution in [3.05, 3.63) is 113 Å². The van der Waals surface area contributed by atoms with Gasteiger partial charge in [0.2, 0.25) is 5.79 Å². The van der Waals surface area contributed by atoms with Gasteiger partial charge in [-0.15, -0.1) is 0 Å². The van der Waals surface area contributed by atoms with E-state index in [9.17, 15) is 4.79 Å². The zero-order chi connectivity index (χ0) is 33.1. The van der Waals surface area contributed by atoms with Gasteiger partial charge in [0.1, 0.15) is 31.3 Å². The molecule has 0 amide bonds. The predicted octanol–water partition coefficient (Wildman–Crippen LogP) is 4.92. The van der Waals surface area contributed by atoms with Gasteiger partial charge >= 0.3 is 5.69 Å². The van der Waals surface area contributed by atoms with Gasteiger partial charge in [-0.1, -0.05) is 30.7 Å². The Kier molecular flexibility index (Phi) is 9.20. The first kappa shape index (κ1) is 31.9. The van der Waals surface area contributed by atoms with Gasteiger partial charge in [-0.2, -0.15) is 20.1 Å². The van der Waals surface area contributed by atoms with Gasteiger partial charge < -0.3 is 24.0 Å². The number of hydrogen-bond acceptors (Lipinski definition) is 9. The van der Waals surface area contributed by atoms with Crippen molar-refractivity contribution in [2.45, 2.75) is 44.7 Å². The standard InChI is InChI=1S/C35H39ClN8O4/c1-3-26(2)44-34(45)42(25-39-44)31-10-8-29(9-11-31)40-18-20-41(21-19-40)30-12-14-32(15-13-30)46-22-33-23-47-35(48-33,24-43-37-16-17-38-43)27-4-6-28(36)7-5-27/h4-17,25-26,33H,3,18-24H2,1-2H3. The Bertz CT molecular complexity index is 1840. The van der Waals surface area contributed by atoms with Gasteiger partial charge in [-0.3, -0.25) is 0 Å². The summed E-state index contributed by atoms with van der Waals surface area (Å²) in [6.07, 6.45) is 5.44. The van der Waals surface area contributed by atoms with Gasteiger partial charge in [-0.05, 0) is 74.0 Å². The van der Waals surface area contributed by atoms with Crippen LogP contribution in [0.4, 0.5) is 11.4 Å². The molecule has 48 heavy (non-hydrogen) atoms. The molecule has 0 bridgehead atoms. The monoisotopic (exact) mass is 670 g/mol. The second kappa shape index (κ2) is 13.8. The minimum absolute atomic E-state index is 0.0685. The summed E-state index contributed by atoms with van der Waals surface area (Å²) in [5.74, 6) is -0.268. The third-order valence-corrected chi connectivity index (χ3v) is 9.32. The zero-order valence-corrected chi connectivity index (χ0v) is 27.8. The summed E-state index contributed by atoms with van der Waals surface area (Å²) in [5, 5.41) is 13.4. The maximum atomic E-state index is 12.8. The second-order valence-electron chi connectivity index (χ2n) is 12.2. The van der Waals surface area contributed by atoms with Gasteiger partial charge in [0.05, 0.1) is 30.7 Å². The molecule has 2 saturated heterocycles. The lowest BCUT2D eigenvalue weighted by Crippen LogP contribution is -2.46. The first-order valence-corrected chi connectivity index (χ1v) is 16.7. The van der Waals surface area contributed by atoms with Crippen molar-refractivity contribution in [2.24, 2.45) is 0 Å². The highest BCUT2D eigenvalue weighted by molar-refractivity contribution is 6.30. The largest absolute Gasteiger partial charge is 0.491 e. The van der Waals surface area contributed by atoms with E-state index in [1.807, 2.05) is 55.5 Å². The number of nitrogens with zero attached hydrogens (tertiary/aromatic N) is 8. The van der Waals surface area contributed by atoms with Crippen LogP contribution in [0.2, 0.25) is 5.02 Å². The molecule has 3 atom stereocenters. The highest BCUT2D eigenvalue weighted by Gasteiger charge is 2.44. The Morgan fingerprint density at radius 2 is 1.48 bits per heavy atom. The van der Waals surface area contributed by atoms with Crippen molar-refractivity contribution < 1.29 is 14.2 Å². The van der Waals surface area contributed by atoms with E-state index in [0.29, 0.717) is 24.8 Å². The molecule has 0 saturated carbocycles. The van der Waals surface area contributed by atoms with Crippen molar-refractivity contribution in [3.8, 4) is 11.4 Å². The van der Waals surface area contributed by atoms with Gasteiger partial charge in [0.25, 0.3) is 0 Å². The Morgan fingerprint density at radius 1 is 0.875 bits per heavy atom. The van der Waals surface area contributed by atoms with Crippen LogP contribution in [0.15, 0.2) is 96.3 Å². The summed E-state index contributed by atoms with van der Waals surface area (Å²) in [6, 6.07) is 23.9. The minimum Gasteiger partial charge on any atom is -0.491 e. The molecule has 2 aliphatic heterocycles. The Labute approximate surface area is 284 Å². The van der Waals surface area contributed by atoms with Crippen LogP contribution < -0.4 is 20.2 Å². The normalized spacial score (nSPS) is 20.3. The lowest BCUT2D eigenvalue weighted by molar-refractivity contribution is -0.192. The van der Waals surface area contributed by atoms with Crippen molar-refractivity contribution >= 4 is 23.0 Å². The van der Waals surface area contributed by atoms with Crippen LogP contribution in [-0.2, 0) is 21.8 Å². The maximum absolute atomic E-state index is 12.8. The third-order valence-electron chi connectivity index (χ3n) is 9.07. The zero-order valence-electron chi connectivity index (χ0n) is 27.1. The Morgan fingerprint density at radius 3 is 2.10 bits per heavy atom. The molecular formula is C35H39ClN8O4. The average Bonchev–Trinajstić information content (AvgIpc) is 3.89. The van der Waals surface area contributed by atoms with E-state index in [-0.39, 0.29) is 17.8 Å². The SMILES string of the molecule is CCC(C)n1ncn(-c2ccc(N3CCN(c4ccc(OCC5COC(Cn6nccn6)(c6ccc(Cl)cc6)O5)cc4)CC3)cc2)c1=O. The number of ether oxygens (including phenoxy) is 3. The molecule has 0 radical (unpaired) electrons. The van der Waals surface area contributed by atoms with Gasteiger partial charge in [-0.25, -0.2) is 14.0 Å². The fourth-order valence-corrected chi connectivity index (χ4v) is 6.27. The van der Waals surface area contributed by atoms with Gasteiger partial charge in [0, 0.05) is 48.1 Å². The summed E-state index contributed by atoms with van der Waals surface area (Å²) in [5.41, 5.74) is 3.85. The molecule has 2 fully saturated rings. The number of piperazine rings is 1. The maximum Gasteiger partial charge on any atom is 0.350 e. The smallest absolute Gasteiger partial charge is 0.350 e. The fourth-order valence-electron chi connectivity index (χ4n) is 6.15. The number of aromatic nitrogens is 6. The lowest BCUT2D eigenvalue weighted by atomic mass is 10.1. The summed E-state index contributed by atoms with van der Waals surface area (Å²) >= 11 is 6.13. The summed E-state index contributed by atoms with van der Waals surface area (Å²) in [7, 11) is 0. The molecule has 5 aromatic rings. The van der Waals surface area contributed by atoms with E-state index in [1.54, 1.807) is 32.8 Å². The molecule has 0 N–H and O–H groups in total. The highest BCUT2D eigenvalue weighted by atomic mass is 35.5. The number of anilines is 2.